The van der Waals surface area contributed by atoms with Crippen molar-refractivity contribution in [3.05, 3.63) is 65.5 Å². The van der Waals surface area contributed by atoms with Crippen LogP contribution < -0.4 is 9.62 Å². The van der Waals surface area contributed by atoms with Crippen molar-refractivity contribution in [3.63, 3.8) is 0 Å². The lowest BCUT2D eigenvalue weighted by atomic mass is 10.2. The van der Waals surface area contributed by atoms with Crippen LogP contribution in [0.4, 0.5) is 24.8 Å². The fraction of sp³-hybridized carbons (Fsp3) is 0.350. The van der Waals surface area contributed by atoms with Crippen LogP contribution in [0.5, 0.6) is 0 Å². The Balaban J connectivity index is 1.92. The van der Waals surface area contributed by atoms with Crippen molar-refractivity contribution in [2.45, 2.75) is 32.6 Å². The van der Waals surface area contributed by atoms with E-state index in [2.05, 4.69) is 20.3 Å². The van der Waals surface area contributed by atoms with Crippen LogP contribution in [0.1, 0.15) is 29.6 Å². The van der Waals surface area contributed by atoms with Gasteiger partial charge in [-0.25, -0.2) is 23.4 Å². The number of aromatic nitrogens is 4. The number of aryl methyl sites for hydroxylation is 1. The van der Waals surface area contributed by atoms with E-state index >= 15 is 0 Å². The van der Waals surface area contributed by atoms with E-state index < -0.39 is 21.8 Å². The minimum atomic E-state index is -4.66. The minimum Gasteiger partial charge on any atom is -0.365 e. The van der Waals surface area contributed by atoms with Gasteiger partial charge in [-0.3, -0.25) is 4.31 Å². The Kier molecular flexibility index (Phi) is 6.72. The maximum atomic E-state index is 13.5. The van der Waals surface area contributed by atoms with Crippen molar-refractivity contribution < 1.29 is 21.6 Å². The van der Waals surface area contributed by atoms with E-state index in [0.717, 1.165) is 22.5 Å². The third-order valence-corrected chi connectivity index (χ3v) is 6.02. The van der Waals surface area contributed by atoms with E-state index in [4.69, 9.17) is 0 Å². The predicted octanol–water partition coefficient (Wildman–Crippen LogP) is 3.31. The van der Waals surface area contributed by atoms with Gasteiger partial charge in [0.25, 0.3) is 0 Å². The SMILES string of the molecule is CCn1cccc1Cc1ncc(C(F)(F)F)c(NCc2cccnc2N(C)S(C)(=O)=O)n1. The van der Waals surface area contributed by atoms with Gasteiger partial charge in [-0.1, -0.05) is 6.07 Å². The third kappa shape index (κ3) is 5.36. The fourth-order valence-electron chi connectivity index (χ4n) is 3.11. The van der Waals surface area contributed by atoms with Crippen molar-refractivity contribution in [3.8, 4) is 0 Å². The molecule has 0 saturated heterocycles. The number of halogens is 3. The van der Waals surface area contributed by atoms with E-state index in [0.29, 0.717) is 12.1 Å². The topological polar surface area (TPSA) is 93.0 Å². The van der Waals surface area contributed by atoms with E-state index in [1.807, 2.05) is 29.8 Å². The summed E-state index contributed by atoms with van der Waals surface area (Å²) in [5, 5.41) is 2.69. The summed E-state index contributed by atoms with van der Waals surface area (Å²) < 4.78 is 67.3. The molecule has 3 heterocycles. The molecule has 0 atom stereocenters. The molecule has 0 saturated carbocycles. The molecule has 3 rings (SSSR count). The molecule has 32 heavy (non-hydrogen) atoms. The third-order valence-electron chi connectivity index (χ3n) is 4.86. The lowest BCUT2D eigenvalue weighted by Crippen LogP contribution is -2.27. The highest BCUT2D eigenvalue weighted by Gasteiger charge is 2.35. The van der Waals surface area contributed by atoms with Crippen LogP contribution in [0.2, 0.25) is 0 Å². The molecule has 0 amide bonds. The Bertz CT molecular complexity index is 1190. The van der Waals surface area contributed by atoms with Crippen molar-refractivity contribution in [1.29, 1.82) is 0 Å². The maximum Gasteiger partial charge on any atom is 0.421 e. The van der Waals surface area contributed by atoms with Crippen LogP contribution in [-0.4, -0.2) is 41.2 Å². The van der Waals surface area contributed by atoms with Crippen LogP contribution in [0.15, 0.2) is 42.9 Å². The predicted molar refractivity (Wildman–Crippen MR) is 115 cm³/mol. The van der Waals surface area contributed by atoms with Gasteiger partial charge in [0.05, 0.1) is 6.26 Å². The Morgan fingerprint density at radius 3 is 2.59 bits per heavy atom. The Morgan fingerprint density at radius 1 is 1.19 bits per heavy atom. The summed E-state index contributed by atoms with van der Waals surface area (Å²) in [6, 6.07) is 6.87. The number of hydrogen-bond acceptors (Lipinski definition) is 6. The molecule has 12 heteroatoms. The first kappa shape index (κ1) is 23.5. The molecule has 0 aliphatic heterocycles. The second kappa shape index (κ2) is 9.15. The number of anilines is 2. The van der Waals surface area contributed by atoms with Gasteiger partial charge in [0, 0.05) is 56.4 Å². The quantitative estimate of drug-likeness (QED) is 0.545. The summed E-state index contributed by atoms with van der Waals surface area (Å²) in [5.74, 6) is -0.0337. The molecule has 0 aromatic carbocycles. The zero-order valence-electron chi connectivity index (χ0n) is 17.8. The molecule has 0 radical (unpaired) electrons. The van der Waals surface area contributed by atoms with E-state index in [-0.39, 0.29) is 30.4 Å². The van der Waals surface area contributed by atoms with Gasteiger partial charge in [-0.2, -0.15) is 13.2 Å². The number of rotatable bonds is 8. The standard InChI is InChI=1S/C20H23F3N6O2S/c1-4-29-10-6-8-15(29)11-17-25-13-16(20(21,22)23)18(27-17)26-12-14-7-5-9-24-19(14)28(2)32(3,30)31/h5-10,13H,4,11-12H2,1-3H3,(H,25,26,27). The Morgan fingerprint density at radius 2 is 1.94 bits per heavy atom. The van der Waals surface area contributed by atoms with Gasteiger partial charge in [0.15, 0.2) is 0 Å². The monoisotopic (exact) mass is 468 g/mol. The van der Waals surface area contributed by atoms with Gasteiger partial charge < -0.3 is 9.88 Å². The summed E-state index contributed by atoms with van der Waals surface area (Å²) >= 11 is 0. The summed E-state index contributed by atoms with van der Waals surface area (Å²) in [4.78, 5) is 12.1. The first-order valence-corrected chi connectivity index (χ1v) is 11.5. The zero-order valence-corrected chi connectivity index (χ0v) is 18.6. The van der Waals surface area contributed by atoms with E-state index in [1.54, 1.807) is 12.1 Å². The lowest BCUT2D eigenvalue weighted by molar-refractivity contribution is -0.137. The lowest BCUT2D eigenvalue weighted by Gasteiger charge is -2.20. The molecule has 0 spiro atoms. The highest BCUT2D eigenvalue weighted by Crippen LogP contribution is 2.34. The first-order valence-electron chi connectivity index (χ1n) is 9.69. The summed E-state index contributed by atoms with van der Waals surface area (Å²) in [6.45, 7) is 2.56. The molecule has 0 fully saturated rings. The molecular formula is C20H23F3N6O2S. The fourth-order valence-corrected chi connectivity index (χ4v) is 3.59. The second-order valence-electron chi connectivity index (χ2n) is 7.08. The van der Waals surface area contributed by atoms with Gasteiger partial charge in [0.2, 0.25) is 10.0 Å². The zero-order chi connectivity index (χ0) is 23.5. The van der Waals surface area contributed by atoms with Crippen molar-refractivity contribution >= 4 is 21.7 Å². The Labute approximate surface area is 184 Å². The summed E-state index contributed by atoms with van der Waals surface area (Å²) in [7, 11) is -2.27. The number of sulfonamides is 1. The first-order chi connectivity index (χ1) is 15.0. The van der Waals surface area contributed by atoms with Crippen LogP contribution >= 0.6 is 0 Å². The molecule has 0 bridgehead atoms. The van der Waals surface area contributed by atoms with Crippen LogP contribution in [0.3, 0.4) is 0 Å². The molecule has 1 N–H and O–H groups in total. The summed E-state index contributed by atoms with van der Waals surface area (Å²) in [6.07, 6.45) is 0.669. The van der Waals surface area contributed by atoms with Crippen molar-refractivity contribution in [2.75, 3.05) is 22.9 Å². The molecule has 172 valence electrons. The average molecular weight is 469 g/mol. The minimum absolute atomic E-state index is 0.117. The maximum absolute atomic E-state index is 13.5. The highest BCUT2D eigenvalue weighted by molar-refractivity contribution is 7.92. The van der Waals surface area contributed by atoms with Gasteiger partial charge >= 0.3 is 6.18 Å². The number of nitrogens with one attached hydrogen (secondary N) is 1. The van der Waals surface area contributed by atoms with Crippen LogP contribution in [-0.2, 0) is 35.7 Å². The molecule has 0 aliphatic carbocycles. The number of hydrogen-bond donors (Lipinski definition) is 1. The second-order valence-corrected chi connectivity index (χ2v) is 9.09. The van der Waals surface area contributed by atoms with Crippen LogP contribution in [0, 0.1) is 0 Å². The number of alkyl halides is 3. The normalized spacial score (nSPS) is 12.1. The number of nitrogens with zero attached hydrogens (tertiary/aromatic N) is 5. The molecule has 0 unspecified atom stereocenters. The van der Waals surface area contributed by atoms with Gasteiger partial charge in [-0.15, -0.1) is 0 Å². The van der Waals surface area contributed by atoms with E-state index in [1.165, 1.54) is 13.2 Å². The highest BCUT2D eigenvalue weighted by atomic mass is 32.2. The number of pyridine rings is 1. The Hall–Kier alpha value is -3.15. The molecule has 3 aromatic rings. The molecular weight excluding hydrogens is 445 g/mol. The molecule has 3 aromatic heterocycles. The molecule has 0 aliphatic rings. The summed E-state index contributed by atoms with van der Waals surface area (Å²) in [5.41, 5.74) is 0.269. The van der Waals surface area contributed by atoms with E-state index in [9.17, 15) is 21.6 Å². The van der Waals surface area contributed by atoms with Gasteiger partial charge in [0.1, 0.15) is 23.0 Å². The van der Waals surface area contributed by atoms with Gasteiger partial charge in [-0.05, 0) is 25.1 Å². The smallest absolute Gasteiger partial charge is 0.365 e. The van der Waals surface area contributed by atoms with Crippen molar-refractivity contribution in [2.24, 2.45) is 0 Å². The van der Waals surface area contributed by atoms with Crippen molar-refractivity contribution in [1.82, 2.24) is 19.5 Å². The largest absolute Gasteiger partial charge is 0.421 e. The van der Waals surface area contributed by atoms with Crippen LogP contribution in [0.25, 0.3) is 0 Å². The molecule has 8 nitrogen and oxygen atoms in total. The average Bonchev–Trinajstić information content (AvgIpc) is 3.17.